The molecule has 1 aromatic rings. The summed E-state index contributed by atoms with van der Waals surface area (Å²) >= 11 is 0. The fourth-order valence-electron chi connectivity index (χ4n) is 1.64. The summed E-state index contributed by atoms with van der Waals surface area (Å²) in [5.74, 6) is -0.915. The van der Waals surface area contributed by atoms with Gasteiger partial charge in [-0.1, -0.05) is 0 Å². The second-order valence-corrected chi connectivity index (χ2v) is 4.19. The van der Waals surface area contributed by atoms with Gasteiger partial charge in [-0.05, 0) is 6.07 Å². The number of halogens is 2. The first-order valence-corrected chi connectivity index (χ1v) is 5.50. The van der Waals surface area contributed by atoms with Crippen molar-refractivity contribution in [2.75, 3.05) is 19.6 Å². The molecule has 2 rings (SSSR count). The van der Waals surface area contributed by atoms with Crippen molar-refractivity contribution in [2.24, 2.45) is 5.92 Å². The average molecular weight is 290 g/mol. The van der Waals surface area contributed by atoms with Crippen LogP contribution in [-0.4, -0.2) is 30.5 Å². The van der Waals surface area contributed by atoms with E-state index in [1.165, 1.54) is 0 Å². The number of nitro groups is 1. The molecule has 1 aliphatic heterocycles. The summed E-state index contributed by atoms with van der Waals surface area (Å²) in [6.07, 6.45) is 0. The highest BCUT2D eigenvalue weighted by atomic mass is 35.5. The first-order valence-electron chi connectivity index (χ1n) is 5.50. The van der Waals surface area contributed by atoms with E-state index < -0.39 is 22.3 Å². The van der Waals surface area contributed by atoms with Gasteiger partial charge in [0.15, 0.2) is 0 Å². The lowest BCUT2D eigenvalue weighted by Gasteiger charge is -2.27. The number of benzene rings is 1. The number of hydrogen-bond acceptors (Lipinski definition) is 4. The summed E-state index contributed by atoms with van der Waals surface area (Å²) in [5.41, 5.74) is -0.459. The number of carbonyl (C=O) groups is 1. The molecule has 1 aromatic carbocycles. The van der Waals surface area contributed by atoms with Crippen molar-refractivity contribution >= 4 is 24.0 Å². The van der Waals surface area contributed by atoms with Crippen molar-refractivity contribution in [1.29, 1.82) is 0 Å². The van der Waals surface area contributed by atoms with E-state index in [1.54, 1.807) is 0 Å². The molecule has 6 nitrogen and oxygen atoms in total. The Kier molecular flexibility index (Phi) is 5.20. The number of nitrogens with one attached hydrogen (secondary N) is 2. The van der Waals surface area contributed by atoms with Crippen LogP contribution < -0.4 is 10.6 Å². The van der Waals surface area contributed by atoms with Gasteiger partial charge in [-0.3, -0.25) is 14.9 Å². The first-order chi connectivity index (χ1) is 8.56. The Morgan fingerprint density at radius 2 is 2.16 bits per heavy atom. The van der Waals surface area contributed by atoms with Crippen molar-refractivity contribution in [3.8, 4) is 0 Å². The van der Waals surface area contributed by atoms with Crippen LogP contribution in [-0.2, 0) is 0 Å². The van der Waals surface area contributed by atoms with Crippen molar-refractivity contribution in [3.05, 3.63) is 39.7 Å². The summed E-state index contributed by atoms with van der Waals surface area (Å²) in [6, 6.07) is 2.84. The van der Waals surface area contributed by atoms with Crippen molar-refractivity contribution in [3.63, 3.8) is 0 Å². The first kappa shape index (κ1) is 15.3. The molecule has 1 heterocycles. The SMILES string of the molecule is Cl.O=C(NCC1CNC1)c1cc(F)cc([N+](=O)[O-])c1. The Morgan fingerprint density at radius 3 is 2.68 bits per heavy atom. The van der Waals surface area contributed by atoms with E-state index in [4.69, 9.17) is 0 Å². The minimum atomic E-state index is -0.792. The molecular formula is C11H13ClFN3O3. The van der Waals surface area contributed by atoms with Gasteiger partial charge in [0.2, 0.25) is 0 Å². The predicted molar refractivity (Wildman–Crippen MR) is 69.0 cm³/mol. The zero-order valence-corrected chi connectivity index (χ0v) is 10.7. The van der Waals surface area contributed by atoms with Crippen LogP contribution in [0, 0.1) is 21.8 Å². The number of nitro benzene ring substituents is 1. The molecule has 0 saturated carbocycles. The number of amides is 1. The van der Waals surface area contributed by atoms with E-state index in [-0.39, 0.29) is 18.0 Å². The third kappa shape index (κ3) is 3.87. The Morgan fingerprint density at radius 1 is 1.47 bits per heavy atom. The van der Waals surface area contributed by atoms with Gasteiger partial charge in [-0.25, -0.2) is 4.39 Å². The minimum absolute atomic E-state index is 0. The van der Waals surface area contributed by atoms with E-state index in [2.05, 4.69) is 10.6 Å². The lowest BCUT2D eigenvalue weighted by atomic mass is 10.0. The van der Waals surface area contributed by atoms with Crippen LogP contribution in [0.2, 0.25) is 0 Å². The molecule has 0 bridgehead atoms. The highest BCUT2D eigenvalue weighted by molar-refractivity contribution is 5.94. The number of carbonyl (C=O) groups excluding carboxylic acids is 1. The molecular weight excluding hydrogens is 277 g/mol. The molecule has 1 amide bonds. The standard InChI is InChI=1S/C11H12FN3O3.ClH/c12-9-1-8(2-10(3-9)15(17)18)11(16)14-6-7-4-13-5-7;/h1-3,7,13H,4-6H2,(H,14,16);1H. The lowest BCUT2D eigenvalue weighted by molar-refractivity contribution is -0.385. The Labute approximate surface area is 114 Å². The van der Waals surface area contributed by atoms with Crippen molar-refractivity contribution < 1.29 is 14.1 Å². The molecule has 2 N–H and O–H groups in total. The van der Waals surface area contributed by atoms with Crippen LogP contribution in [0.15, 0.2) is 18.2 Å². The van der Waals surface area contributed by atoms with Gasteiger partial charge in [0.1, 0.15) is 5.82 Å². The number of non-ortho nitro benzene ring substituents is 1. The summed E-state index contributed by atoms with van der Waals surface area (Å²) in [4.78, 5) is 21.5. The molecule has 104 valence electrons. The van der Waals surface area contributed by atoms with E-state index in [9.17, 15) is 19.3 Å². The van der Waals surface area contributed by atoms with Crippen molar-refractivity contribution in [2.45, 2.75) is 0 Å². The second kappa shape index (κ2) is 6.44. The van der Waals surface area contributed by atoms with Crippen LogP contribution in [0.4, 0.5) is 10.1 Å². The monoisotopic (exact) mass is 289 g/mol. The summed E-state index contributed by atoms with van der Waals surface area (Å²) in [7, 11) is 0. The summed E-state index contributed by atoms with van der Waals surface area (Å²) in [6.45, 7) is 2.16. The maximum absolute atomic E-state index is 13.1. The number of nitrogens with zero attached hydrogens (tertiary/aromatic N) is 1. The van der Waals surface area contributed by atoms with Gasteiger partial charge in [0.05, 0.1) is 11.0 Å². The second-order valence-electron chi connectivity index (χ2n) is 4.19. The average Bonchev–Trinajstić information content (AvgIpc) is 2.25. The quantitative estimate of drug-likeness (QED) is 0.642. The molecule has 0 aromatic heterocycles. The van der Waals surface area contributed by atoms with E-state index >= 15 is 0 Å². The smallest absolute Gasteiger partial charge is 0.273 e. The third-order valence-electron chi connectivity index (χ3n) is 2.77. The fourth-order valence-corrected chi connectivity index (χ4v) is 1.64. The van der Waals surface area contributed by atoms with Gasteiger partial charge in [-0.15, -0.1) is 12.4 Å². The summed E-state index contributed by atoms with van der Waals surface area (Å²) < 4.78 is 13.1. The van der Waals surface area contributed by atoms with Gasteiger partial charge < -0.3 is 10.6 Å². The highest BCUT2D eigenvalue weighted by Gasteiger charge is 2.19. The maximum atomic E-state index is 13.1. The van der Waals surface area contributed by atoms with Gasteiger partial charge in [-0.2, -0.15) is 0 Å². The lowest BCUT2D eigenvalue weighted by Crippen LogP contribution is -2.48. The molecule has 0 spiro atoms. The van der Waals surface area contributed by atoms with Crippen LogP contribution in [0.1, 0.15) is 10.4 Å². The zero-order chi connectivity index (χ0) is 13.1. The normalized spacial score (nSPS) is 14.2. The molecule has 0 radical (unpaired) electrons. The molecule has 0 unspecified atom stereocenters. The highest BCUT2D eigenvalue weighted by Crippen LogP contribution is 2.16. The van der Waals surface area contributed by atoms with Crippen LogP contribution >= 0.6 is 12.4 Å². The largest absolute Gasteiger partial charge is 0.352 e. The molecule has 0 atom stereocenters. The molecule has 19 heavy (non-hydrogen) atoms. The van der Waals surface area contributed by atoms with Gasteiger partial charge in [0.25, 0.3) is 11.6 Å². The minimum Gasteiger partial charge on any atom is -0.352 e. The predicted octanol–water partition coefficient (Wildman–Crippen LogP) is 1.10. The van der Waals surface area contributed by atoms with Crippen LogP contribution in [0.25, 0.3) is 0 Å². The molecule has 1 saturated heterocycles. The topological polar surface area (TPSA) is 84.3 Å². The maximum Gasteiger partial charge on any atom is 0.273 e. The van der Waals surface area contributed by atoms with E-state index in [0.717, 1.165) is 31.3 Å². The Hall–Kier alpha value is -1.73. The van der Waals surface area contributed by atoms with Gasteiger partial charge >= 0.3 is 0 Å². The summed E-state index contributed by atoms with van der Waals surface area (Å²) in [5, 5.41) is 16.2. The molecule has 1 aliphatic rings. The molecule has 0 aliphatic carbocycles. The Balaban J connectivity index is 0.00000180. The fraction of sp³-hybridized carbons (Fsp3) is 0.364. The molecule has 1 fully saturated rings. The number of hydrogen-bond donors (Lipinski definition) is 2. The van der Waals surface area contributed by atoms with Crippen LogP contribution in [0.3, 0.4) is 0 Å². The Bertz CT molecular complexity index is 494. The zero-order valence-electron chi connectivity index (χ0n) is 9.89. The van der Waals surface area contributed by atoms with Crippen molar-refractivity contribution in [1.82, 2.24) is 10.6 Å². The van der Waals surface area contributed by atoms with Gasteiger partial charge in [0, 0.05) is 37.2 Å². The van der Waals surface area contributed by atoms with Crippen LogP contribution in [0.5, 0.6) is 0 Å². The third-order valence-corrected chi connectivity index (χ3v) is 2.77. The van der Waals surface area contributed by atoms with E-state index in [1.807, 2.05) is 0 Å². The molecule has 8 heteroatoms. The van der Waals surface area contributed by atoms with E-state index in [0.29, 0.717) is 12.5 Å². The number of rotatable bonds is 4.